The summed E-state index contributed by atoms with van der Waals surface area (Å²) in [6.07, 6.45) is 3.50. The highest BCUT2D eigenvalue weighted by Gasteiger charge is 2.28. The normalized spacial score (nSPS) is 13.4. The Hall–Kier alpha value is -4.98. The van der Waals surface area contributed by atoms with Crippen LogP contribution in [0.15, 0.2) is 77.2 Å². The molecule has 1 aliphatic carbocycles. The van der Waals surface area contributed by atoms with E-state index < -0.39 is 5.97 Å². The van der Waals surface area contributed by atoms with Crippen LogP contribution in [0.2, 0.25) is 0 Å². The van der Waals surface area contributed by atoms with Crippen molar-refractivity contribution in [3.05, 3.63) is 101 Å². The lowest BCUT2D eigenvalue weighted by Gasteiger charge is -2.12. The van der Waals surface area contributed by atoms with Gasteiger partial charge in [-0.1, -0.05) is 42.5 Å². The Morgan fingerprint density at radius 1 is 0.923 bits per heavy atom. The number of carbonyl (C=O) groups excluding carboxylic acids is 1. The van der Waals surface area contributed by atoms with E-state index >= 15 is 0 Å². The quantitative estimate of drug-likeness (QED) is 0.236. The maximum Gasteiger partial charge on any atom is 0.339 e. The standard InChI is InChI=1S/C31H25N3O5/c1-36-25-15-12-19(17-26(25)37-2)16-21-13-14-23-28(22-10-6-7-11-24(22)32-29(21)23)31(35)38-18-27-33-34-30(39-27)20-8-4-3-5-9-20/h3-12,15-17H,13-14,18H2,1-2H3/b21-16+. The van der Waals surface area contributed by atoms with Gasteiger partial charge >= 0.3 is 5.97 Å². The Balaban J connectivity index is 1.31. The van der Waals surface area contributed by atoms with Gasteiger partial charge in [0.25, 0.3) is 5.89 Å². The number of allylic oxidation sites excluding steroid dienone is 1. The number of carbonyl (C=O) groups is 1. The number of aromatic nitrogens is 3. The van der Waals surface area contributed by atoms with Gasteiger partial charge in [0.05, 0.1) is 31.0 Å². The lowest BCUT2D eigenvalue weighted by Crippen LogP contribution is -2.10. The van der Waals surface area contributed by atoms with Crippen molar-refractivity contribution in [2.75, 3.05) is 14.2 Å². The predicted molar refractivity (Wildman–Crippen MR) is 146 cm³/mol. The molecule has 0 amide bonds. The molecule has 8 heteroatoms. The van der Waals surface area contributed by atoms with Crippen molar-refractivity contribution in [3.63, 3.8) is 0 Å². The van der Waals surface area contributed by atoms with E-state index in [0.717, 1.165) is 45.3 Å². The Morgan fingerprint density at radius 2 is 1.72 bits per heavy atom. The molecule has 0 unspecified atom stereocenters. The number of ether oxygens (including phenoxy) is 3. The monoisotopic (exact) mass is 519 g/mol. The number of hydrogen-bond acceptors (Lipinski definition) is 8. The molecule has 0 N–H and O–H groups in total. The van der Waals surface area contributed by atoms with Gasteiger partial charge in [-0.25, -0.2) is 9.78 Å². The van der Waals surface area contributed by atoms with Gasteiger partial charge in [-0.15, -0.1) is 10.2 Å². The third-order valence-corrected chi connectivity index (χ3v) is 6.71. The van der Waals surface area contributed by atoms with E-state index in [1.165, 1.54) is 0 Å². The summed E-state index contributed by atoms with van der Waals surface area (Å²) in [7, 11) is 3.22. The zero-order valence-electron chi connectivity index (χ0n) is 21.5. The molecular weight excluding hydrogens is 494 g/mol. The molecule has 5 aromatic rings. The van der Waals surface area contributed by atoms with Crippen molar-refractivity contribution in [3.8, 4) is 23.0 Å². The van der Waals surface area contributed by atoms with Crippen molar-refractivity contribution in [1.29, 1.82) is 0 Å². The summed E-state index contributed by atoms with van der Waals surface area (Å²) in [5.41, 5.74) is 5.73. The third kappa shape index (κ3) is 4.72. The molecule has 3 aromatic carbocycles. The second-order valence-corrected chi connectivity index (χ2v) is 9.06. The maximum absolute atomic E-state index is 13.5. The lowest BCUT2D eigenvalue weighted by atomic mass is 10.0. The maximum atomic E-state index is 13.5. The van der Waals surface area contributed by atoms with Gasteiger partial charge < -0.3 is 18.6 Å². The molecule has 2 aromatic heterocycles. The van der Waals surface area contributed by atoms with Crippen LogP contribution >= 0.6 is 0 Å². The van der Waals surface area contributed by atoms with E-state index in [9.17, 15) is 4.79 Å². The molecular formula is C31H25N3O5. The first-order valence-corrected chi connectivity index (χ1v) is 12.5. The molecule has 0 saturated carbocycles. The summed E-state index contributed by atoms with van der Waals surface area (Å²) in [4.78, 5) is 18.4. The minimum absolute atomic E-state index is 0.127. The number of nitrogens with zero attached hydrogens (tertiary/aromatic N) is 3. The Kier molecular flexibility index (Phi) is 6.50. The third-order valence-electron chi connectivity index (χ3n) is 6.71. The zero-order valence-corrected chi connectivity index (χ0v) is 21.5. The van der Waals surface area contributed by atoms with Crippen LogP contribution in [0.25, 0.3) is 34.0 Å². The molecule has 39 heavy (non-hydrogen) atoms. The molecule has 0 saturated heterocycles. The van der Waals surface area contributed by atoms with E-state index in [0.29, 0.717) is 29.4 Å². The van der Waals surface area contributed by atoms with Crippen LogP contribution in [0.4, 0.5) is 0 Å². The number of hydrogen-bond donors (Lipinski definition) is 0. The largest absolute Gasteiger partial charge is 0.493 e. The number of rotatable bonds is 7. The second-order valence-electron chi connectivity index (χ2n) is 9.06. The van der Waals surface area contributed by atoms with Crippen LogP contribution in [0.1, 0.15) is 39.5 Å². The van der Waals surface area contributed by atoms with Gasteiger partial charge in [-0.3, -0.25) is 0 Å². The highest BCUT2D eigenvalue weighted by atomic mass is 16.5. The fourth-order valence-corrected chi connectivity index (χ4v) is 4.86. The van der Waals surface area contributed by atoms with Gasteiger partial charge in [0.15, 0.2) is 18.1 Å². The fraction of sp³-hybridized carbons (Fsp3) is 0.161. The fourth-order valence-electron chi connectivity index (χ4n) is 4.86. The molecule has 0 atom stereocenters. The topological polar surface area (TPSA) is 96.6 Å². The van der Waals surface area contributed by atoms with Crippen LogP contribution in [0, 0.1) is 0 Å². The highest BCUT2D eigenvalue weighted by molar-refractivity contribution is 6.07. The average molecular weight is 520 g/mol. The molecule has 8 nitrogen and oxygen atoms in total. The summed E-state index contributed by atoms with van der Waals surface area (Å²) in [5.74, 6) is 1.47. The molecule has 0 fully saturated rings. The zero-order chi connectivity index (χ0) is 26.8. The minimum Gasteiger partial charge on any atom is -0.493 e. The minimum atomic E-state index is -0.448. The first-order chi connectivity index (χ1) is 19.1. The van der Waals surface area contributed by atoms with Crippen LogP contribution < -0.4 is 9.47 Å². The van der Waals surface area contributed by atoms with Gasteiger partial charge in [-0.05, 0) is 65.9 Å². The summed E-state index contributed by atoms with van der Waals surface area (Å²) < 4.78 is 22.2. The van der Waals surface area contributed by atoms with Crippen LogP contribution in [-0.2, 0) is 17.8 Å². The van der Waals surface area contributed by atoms with Gasteiger partial charge in [-0.2, -0.15) is 0 Å². The van der Waals surface area contributed by atoms with Crippen molar-refractivity contribution in [1.82, 2.24) is 15.2 Å². The van der Waals surface area contributed by atoms with E-state index in [1.807, 2.05) is 72.8 Å². The molecule has 0 bridgehead atoms. The number of benzene rings is 3. The van der Waals surface area contributed by atoms with Crippen LogP contribution in [-0.4, -0.2) is 35.4 Å². The molecule has 194 valence electrons. The smallest absolute Gasteiger partial charge is 0.339 e. The van der Waals surface area contributed by atoms with Gasteiger partial charge in [0, 0.05) is 10.9 Å². The highest BCUT2D eigenvalue weighted by Crippen LogP contribution is 2.39. The SMILES string of the molecule is COc1ccc(/C=C2\CCc3c2nc2ccccc2c3C(=O)OCc2nnc(-c3ccccc3)o2)cc1OC. The Labute approximate surface area is 224 Å². The summed E-state index contributed by atoms with van der Waals surface area (Å²) >= 11 is 0. The van der Waals surface area contributed by atoms with E-state index in [2.05, 4.69) is 16.3 Å². The molecule has 6 rings (SSSR count). The number of methoxy groups -OCH3 is 2. The van der Waals surface area contributed by atoms with Crippen molar-refractivity contribution < 1.29 is 23.4 Å². The van der Waals surface area contributed by atoms with Gasteiger partial charge in [0.1, 0.15) is 0 Å². The van der Waals surface area contributed by atoms with Crippen LogP contribution in [0.3, 0.4) is 0 Å². The summed E-state index contributed by atoms with van der Waals surface area (Å²) in [5, 5.41) is 8.87. The molecule has 1 aliphatic rings. The predicted octanol–water partition coefficient (Wildman–Crippen LogP) is 6.15. The molecule has 0 radical (unpaired) electrons. The number of pyridine rings is 1. The van der Waals surface area contributed by atoms with Crippen molar-refractivity contribution in [2.24, 2.45) is 0 Å². The van der Waals surface area contributed by atoms with E-state index in [4.69, 9.17) is 23.6 Å². The van der Waals surface area contributed by atoms with E-state index in [1.54, 1.807) is 14.2 Å². The molecule has 2 heterocycles. The first-order valence-electron chi connectivity index (χ1n) is 12.5. The number of esters is 1. The summed E-state index contributed by atoms with van der Waals surface area (Å²) in [6.45, 7) is -0.127. The second kappa shape index (κ2) is 10.4. The summed E-state index contributed by atoms with van der Waals surface area (Å²) in [6, 6.07) is 22.8. The average Bonchev–Trinajstić information content (AvgIpc) is 3.62. The number of para-hydroxylation sites is 1. The molecule has 0 spiro atoms. The lowest BCUT2D eigenvalue weighted by molar-refractivity contribution is 0.0440. The first kappa shape index (κ1) is 24.4. The van der Waals surface area contributed by atoms with E-state index in [-0.39, 0.29) is 12.5 Å². The van der Waals surface area contributed by atoms with Crippen molar-refractivity contribution in [2.45, 2.75) is 19.4 Å². The van der Waals surface area contributed by atoms with Crippen molar-refractivity contribution >= 4 is 28.5 Å². The van der Waals surface area contributed by atoms with Crippen LogP contribution in [0.5, 0.6) is 11.5 Å². The number of fused-ring (bicyclic) bond motifs is 2. The molecule has 0 aliphatic heterocycles. The van der Waals surface area contributed by atoms with Gasteiger partial charge in [0.2, 0.25) is 5.89 Å². The Bertz CT molecular complexity index is 1710. The Morgan fingerprint density at radius 3 is 2.54 bits per heavy atom.